The Morgan fingerprint density at radius 2 is 1.92 bits per heavy atom. The normalized spacial score (nSPS) is 16.2. The second-order valence-corrected chi connectivity index (χ2v) is 7.59. The van der Waals surface area contributed by atoms with Gasteiger partial charge in [0.05, 0.1) is 13.3 Å². The first kappa shape index (κ1) is 16.9. The minimum Gasteiger partial charge on any atom is -0.495 e. The Labute approximate surface area is 145 Å². The summed E-state index contributed by atoms with van der Waals surface area (Å²) in [6.45, 7) is 1.80. The Balaban J connectivity index is 1.79. The molecule has 1 aliphatic rings. The molecule has 1 aliphatic heterocycles. The van der Waals surface area contributed by atoms with Crippen LogP contribution >= 0.6 is 11.6 Å². The lowest BCUT2D eigenvalue weighted by atomic mass is 10.3. The minimum atomic E-state index is -3.67. The number of hydrogen-bond acceptors (Lipinski definition) is 6. The van der Waals surface area contributed by atoms with Crippen molar-refractivity contribution in [1.29, 1.82) is 0 Å². The summed E-state index contributed by atoms with van der Waals surface area (Å²) in [5, 5.41) is 0.354. The van der Waals surface area contributed by atoms with E-state index in [1.165, 1.54) is 17.5 Å². The molecule has 0 saturated carbocycles. The van der Waals surface area contributed by atoms with Crippen LogP contribution in [0.15, 0.2) is 41.7 Å². The molecule has 9 heteroatoms. The summed E-state index contributed by atoms with van der Waals surface area (Å²) < 4.78 is 32.4. The van der Waals surface area contributed by atoms with E-state index >= 15 is 0 Å². The Hall–Kier alpha value is -1.90. The third-order valence-corrected chi connectivity index (χ3v) is 6.01. The molecule has 0 amide bonds. The predicted octanol–water partition coefficient (Wildman–Crippen LogP) is 1.65. The van der Waals surface area contributed by atoms with Gasteiger partial charge < -0.3 is 9.64 Å². The summed E-state index contributed by atoms with van der Waals surface area (Å²) in [5.74, 6) is 1.03. The van der Waals surface area contributed by atoms with Crippen LogP contribution in [0.2, 0.25) is 5.02 Å². The molecule has 128 valence electrons. The lowest BCUT2D eigenvalue weighted by Crippen LogP contribution is -2.49. The monoisotopic (exact) mass is 368 g/mol. The SMILES string of the molecule is COc1ccc(Cl)cc1S(=O)(=O)N1CCN(c2cnccn2)CC1. The molecule has 0 unspecified atom stereocenters. The van der Waals surface area contributed by atoms with Crippen molar-refractivity contribution in [3.8, 4) is 5.75 Å². The number of rotatable bonds is 4. The average Bonchev–Trinajstić information content (AvgIpc) is 2.62. The Morgan fingerprint density at radius 1 is 1.17 bits per heavy atom. The lowest BCUT2D eigenvalue weighted by molar-refractivity contribution is 0.373. The third-order valence-electron chi connectivity index (χ3n) is 3.86. The Bertz CT molecular complexity index is 809. The highest BCUT2D eigenvalue weighted by Crippen LogP contribution is 2.30. The zero-order chi connectivity index (χ0) is 17.2. The van der Waals surface area contributed by atoms with Gasteiger partial charge in [-0.25, -0.2) is 13.4 Å². The number of benzene rings is 1. The molecule has 1 saturated heterocycles. The third kappa shape index (κ3) is 3.31. The first-order valence-electron chi connectivity index (χ1n) is 7.37. The number of anilines is 1. The van der Waals surface area contributed by atoms with Crippen LogP contribution in [0, 0.1) is 0 Å². The fourth-order valence-corrected chi connectivity index (χ4v) is 4.44. The van der Waals surface area contributed by atoms with E-state index in [1.54, 1.807) is 30.7 Å². The van der Waals surface area contributed by atoms with Crippen molar-refractivity contribution in [3.05, 3.63) is 41.8 Å². The number of piperazine rings is 1. The zero-order valence-corrected chi connectivity index (χ0v) is 14.7. The zero-order valence-electron chi connectivity index (χ0n) is 13.1. The van der Waals surface area contributed by atoms with E-state index in [1.807, 2.05) is 4.90 Å². The Kier molecular flexibility index (Phi) is 4.88. The maximum Gasteiger partial charge on any atom is 0.246 e. The lowest BCUT2D eigenvalue weighted by Gasteiger charge is -2.34. The van der Waals surface area contributed by atoms with Crippen LogP contribution in [-0.4, -0.2) is 56.0 Å². The van der Waals surface area contributed by atoms with E-state index in [0.29, 0.717) is 31.2 Å². The summed E-state index contributed by atoms with van der Waals surface area (Å²) in [6.07, 6.45) is 4.90. The van der Waals surface area contributed by atoms with Gasteiger partial charge in [-0.3, -0.25) is 4.98 Å². The number of methoxy groups -OCH3 is 1. The highest BCUT2D eigenvalue weighted by Gasteiger charge is 2.31. The van der Waals surface area contributed by atoms with Crippen LogP contribution in [0.5, 0.6) is 5.75 Å². The molecule has 0 bridgehead atoms. The fraction of sp³-hybridized carbons (Fsp3) is 0.333. The summed E-state index contributed by atoms with van der Waals surface area (Å²) in [6, 6.07) is 4.58. The van der Waals surface area contributed by atoms with E-state index in [0.717, 1.165) is 5.82 Å². The first-order chi connectivity index (χ1) is 11.5. The van der Waals surface area contributed by atoms with Gasteiger partial charge in [-0.05, 0) is 18.2 Å². The molecule has 2 aromatic rings. The van der Waals surface area contributed by atoms with E-state index in [9.17, 15) is 8.42 Å². The molecule has 0 spiro atoms. The Morgan fingerprint density at radius 3 is 2.54 bits per heavy atom. The minimum absolute atomic E-state index is 0.0884. The summed E-state index contributed by atoms with van der Waals surface area (Å²) in [5.41, 5.74) is 0. The van der Waals surface area contributed by atoms with Gasteiger partial charge in [0, 0.05) is 43.6 Å². The highest BCUT2D eigenvalue weighted by molar-refractivity contribution is 7.89. The van der Waals surface area contributed by atoms with Crippen LogP contribution in [0.25, 0.3) is 0 Å². The van der Waals surface area contributed by atoms with Crippen molar-refractivity contribution in [3.63, 3.8) is 0 Å². The van der Waals surface area contributed by atoms with E-state index in [2.05, 4.69) is 9.97 Å². The number of aromatic nitrogens is 2. The van der Waals surface area contributed by atoms with Crippen LogP contribution in [0.4, 0.5) is 5.82 Å². The van der Waals surface area contributed by atoms with Gasteiger partial charge in [0.2, 0.25) is 10.0 Å². The number of hydrogen-bond donors (Lipinski definition) is 0. The number of halogens is 1. The summed E-state index contributed by atoms with van der Waals surface area (Å²) in [4.78, 5) is 10.4. The van der Waals surface area contributed by atoms with E-state index in [-0.39, 0.29) is 10.6 Å². The largest absolute Gasteiger partial charge is 0.495 e. The number of nitrogens with zero attached hydrogens (tertiary/aromatic N) is 4. The molecule has 7 nitrogen and oxygen atoms in total. The van der Waals surface area contributed by atoms with Gasteiger partial charge in [0.25, 0.3) is 0 Å². The van der Waals surface area contributed by atoms with Gasteiger partial charge in [-0.1, -0.05) is 11.6 Å². The van der Waals surface area contributed by atoms with Crippen LogP contribution in [0.3, 0.4) is 0 Å². The molecule has 3 rings (SSSR count). The summed E-state index contributed by atoms with van der Waals surface area (Å²) >= 11 is 5.96. The van der Waals surface area contributed by atoms with Crippen molar-refractivity contribution in [2.45, 2.75) is 4.90 Å². The number of ether oxygens (including phenoxy) is 1. The molecule has 0 atom stereocenters. The van der Waals surface area contributed by atoms with E-state index < -0.39 is 10.0 Å². The van der Waals surface area contributed by atoms with Gasteiger partial charge in [0.15, 0.2) is 0 Å². The standard InChI is InChI=1S/C15H17ClN4O3S/c1-23-13-3-2-12(16)10-14(13)24(21,22)20-8-6-19(7-9-20)15-11-17-4-5-18-15/h2-5,10-11H,6-9H2,1H3. The summed E-state index contributed by atoms with van der Waals surface area (Å²) in [7, 11) is -2.23. The molecule has 1 aromatic carbocycles. The van der Waals surface area contributed by atoms with Crippen molar-refractivity contribution in [2.24, 2.45) is 0 Å². The molecule has 0 N–H and O–H groups in total. The van der Waals surface area contributed by atoms with Crippen molar-refractivity contribution in [1.82, 2.24) is 14.3 Å². The first-order valence-corrected chi connectivity index (χ1v) is 9.19. The van der Waals surface area contributed by atoms with Crippen molar-refractivity contribution in [2.75, 3.05) is 38.2 Å². The van der Waals surface area contributed by atoms with Crippen LogP contribution in [-0.2, 0) is 10.0 Å². The topological polar surface area (TPSA) is 75.6 Å². The predicted molar refractivity (Wildman–Crippen MR) is 91.0 cm³/mol. The smallest absolute Gasteiger partial charge is 0.246 e. The molecular weight excluding hydrogens is 352 g/mol. The molecule has 0 radical (unpaired) electrons. The van der Waals surface area contributed by atoms with Gasteiger partial charge in [-0.15, -0.1) is 0 Å². The van der Waals surface area contributed by atoms with Gasteiger partial charge in [-0.2, -0.15) is 4.31 Å². The van der Waals surface area contributed by atoms with Gasteiger partial charge in [0.1, 0.15) is 16.5 Å². The highest BCUT2D eigenvalue weighted by atomic mass is 35.5. The molecule has 24 heavy (non-hydrogen) atoms. The van der Waals surface area contributed by atoms with Gasteiger partial charge >= 0.3 is 0 Å². The maximum absolute atomic E-state index is 12.9. The second-order valence-electron chi connectivity index (χ2n) is 5.25. The molecular formula is C15H17ClN4O3S. The van der Waals surface area contributed by atoms with Crippen LogP contribution in [0.1, 0.15) is 0 Å². The molecule has 0 aliphatic carbocycles. The van der Waals surface area contributed by atoms with Crippen molar-refractivity contribution < 1.29 is 13.2 Å². The van der Waals surface area contributed by atoms with Crippen molar-refractivity contribution >= 4 is 27.4 Å². The van der Waals surface area contributed by atoms with Crippen LogP contribution < -0.4 is 9.64 Å². The number of sulfonamides is 1. The molecule has 1 aromatic heterocycles. The second kappa shape index (κ2) is 6.92. The average molecular weight is 369 g/mol. The fourth-order valence-electron chi connectivity index (χ4n) is 2.60. The maximum atomic E-state index is 12.9. The molecule has 1 fully saturated rings. The van der Waals surface area contributed by atoms with E-state index in [4.69, 9.17) is 16.3 Å². The molecule has 2 heterocycles. The quantitative estimate of drug-likeness (QED) is 0.816.